The first-order chi connectivity index (χ1) is 6.35. The molecule has 3 heteroatoms. The van der Waals surface area contributed by atoms with Gasteiger partial charge in [-0.25, -0.2) is 9.50 Å². The second-order valence-electron chi connectivity index (χ2n) is 3.05. The fraction of sp³-hybridized carbons (Fsp3) is 0.400. The fourth-order valence-corrected chi connectivity index (χ4v) is 1.47. The first-order valence-corrected chi connectivity index (χ1v) is 4.67. The summed E-state index contributed by atoms with van der Waals surface area (Å²) in [6, 6.07) is 4.07. The van der Waals surface area contributed by atoms with Crippen molar-refractivity contribution in [2.75, 3.05) is 0 Å². The molecular formula is C10H13N3. The van der Waals surface area contributed by atoms with Crippen molar-refractivity contribution in [3.8, 4) is 0 Å². The van der Waals surface area contributed by atoms with Gasteiger partial charge in [0, 0.05) is 17.5 Å². The van der Waals surface area contributed by atoms with Crippen LogP contribution in [0.4, 0.5) is 0 Å². The summed E-state index contributed by atoms with van der Waals surface area (Å²) in [6.45, 7) is 4.25. The van der Waals surface area contributed by atoms with Crippen LogP contribution in [0.2, 0.25) is 0 Å². The van der Waals surface area contributed by atoms with Gasteiger partial charge in [0.25, 0.3) is 0 Å². The van der Waals surface area contributed by atoms with E-state index < -0.39 is 0 Å². The van der Waals surface area contributed by atoms with Gasteiger partial charge >= 0.3 is 0 Å². The first-order valence-electron chi connectivity index (χ1n) is 4.67. The molecule has 2 aromatic rings. The summed E-state index contributed by atoms with van der Waals surface area (Å²) in [5, 5.41) is 4.22. The molecule has 68 valence electrons. The van der Waals surface area contributed by atoms with E-state index in [1.54, 1.807) is 6.20 Å². The minimum atomic E-state index is 0.955. The van der Waals surface area contributed by atoms with Gasteiger partial charge in [0.05, 0.1) is 6.20 Å². The summed E-state index contributed by atoms with van der Waals surface area (Å²) < 4.78 is 1.90. The van der Waals surface area contributed by atoms with E-state index in [9.17, 15) is 0 Å². The second-order valence-corrected chi connectivity index (χ2v) is 3.05. The normalized spacial score (nSPS) is 10.9. The van der Waals surface area contributed by atoms with Gasteiger partial charge in [0.15, 0.2) is 5.65 Å². The summed E-state index contributed by atoms with van der Waals surface area (Å²) in [4.78, 5) is 4.46. The van der Waals surface area contributed by atoms with Crippen molar-refractivity contribution >= 4 is 5.65 Å². The minimum Gasteiger partial charge on any atom is -0.234 e. The number of aromatic nitrogens is 3. The summed E-state index contributed by atoms with van der Waals surface area (Å²) >= 11 is 0. The monoisotopic (exact) mass is 175 g/mol. The van der Waals surface area contributed by atoms with Gasteiger partial charge in [-0.2, -0.15) is 5.10 Å². The zero-order valence-electron chi connectivity index (χ0n) is 7.99. The van der Waals surface area contributed by atoms with Crippen LogP contribution in [0.5, 0.6) is 0 Å². The Bertz CT molecular complexity index is 417. The molecule has 0 spiro atoms. The number of fused-ring (bicyclic) bond motifs is 1. The second kappa shape index (κ2) is 3.17. The van der Waals surface area contributed by atoms with E-state index >= 15 is 0 Å². The van der Waals surface area contributed by atoms with E-state index in [1.807, 2.05) is 10.6 Å². The van der Waals surface area contributed by atoms with E-state index in [1.165, 1.54) is 5.69 Å². The van der Waals surface area contributed by atoms with Gasteiger partial charge in [-0.3, -0.25) is 0 Å². The predicted molar refractivity (Wildman–Crippen MR) is 51.7 cm³/mol. The standard InChI is InChI=1S/C10H13N3/c1-3-8-7-9(4-2)13-10(12-8)5-6-11-13/h5-7H,3-4H2,1-2H3. The molecule has 3 nitrogen and oxygen atoms in total. The SMILES string of the molecule is CCc1cc(CC)n2nccc2n1. The van der Waals surface area contributed by atoms with Crippen molar-refractivity contribution in [1.29, 1.82) is 0 Å². The molecule has 0 aliphatic heterocycles. The molecule has 0 atom stereocenters. The maximum atomic E-state index is 4.46. The van der Waals surface area contributed by atoms with Gasteiger partial charge in [-0.1, -0.05) is 13.8 Å². The Kier molecular flexibility index (Phi) is 2.00. The number of hydrogen-bond donors (Lipinski definition) is 0. The third kappa shape index (κ3) is 1.30. The largest absolute Gasteiger partial charge is 0.234 e. The Balaban J connectivity index is 2.70. The minimum absolute atomic E-state index is 0.955. The van der Waals surface area contributed by atoms with Crippen molar-refractivity contribution in [2.45, 2.75) is 26.7 Å². The first kappa shape index (κ1) is 8.23. The Labute approximate surface area is 77.4 Å². The van der Waals surface area contributed by atoms with Crippen LogP contribution in [0.3, 0.4) is 0 Å². The molecular weight excluding hydrogens is 162 g/mol. The van der Waals surface area contributed by atoms with Crippen LogP contribution in [0.25, 0.3) is 5.65 Å². The smallest absolute Gasteiger partial charge is 0.155 e. The third-order valence-corrected chi connectivity index (χ3v) is 2.21. The molecule has 0 saturated heterocycles. The van der Waals surface area contributed by atoms with Crippen LogP contribution in [-0.2, 0) is 12.8 Å². The van der Waals surface area contributed by atoms with Crippen molar-refractivity contribution < 1.29 is 0 Å². The molecule has 0 aromatic carbocycles. The molecule has 2 rings (SSSR count). The van der Waals surface area contributed by atoms with Crippen molar-refractivity contribution in [2.24, 2.45) is 0 Å². The molecule has 0 radical (unpaired) electrons. The lowest BCUT2D eigenvalue weighted by molar-refractivity contribution is 0.833. The molecule has 2 aromatic heterocycles. The van der Waals surface area contributed by atoms with E-state index in [0.29, 0.717) is 0 Å². The molecule has 0 saturated carbocycles. The molecule has 0 aliphatic rings. The van der Waals surface area contributed by atoms with Crippen LogP contribution in [0, 0.1) is 0 Å². The maximum Gasteiger partial charge on any atom is 0.155 e. The zero-order valence-corrected chi connectivity index (χ0v) is 7.99. The maximum absolute atomic E-state index is 4.46. The molecule has 0 N–H and O–H groups in total. The van der Waals surface area contributed by atoms with E-state index in [0.717, 1.165) is 24.2 Å². The van der Waals surface area contributed by atoms with Gasteiger partial charge in [0.1, 0.15) is 0 Å². The third-order valence-electron chi connectivity index (χ3n) is 2.21. The Hall–Kier alpha value is -1.38. The fourth-order valence-electron chi connectivity index (χ4n) is 1.47. The molecule has 0 bridgehead atoms. The van der Waals surface area contributed by atoms with E-state index in [4.69, 9.17) is 0 Å². The molecule has 0 fully saturated rings. The van der Waals surface area contributed by atoms with Crippen molar-refractivity contribution in [3.63, 3.8) is 0 Å². The number of aryl methyl sites for hydroxylation is 2. The van der Waals surface area contributed by atoms with Crippen LogP contribution < -0.4 is 0 Å². The number of nitrogens with zero attached hydrogens (tertiary/aromatic N) is 3. The highest BCUT2D eigenvalue weighted by molar-refractivity contribution is 5.38. The van der Waals surface area contributed by atoms with Crippen molar-refractivity contribution in [1.82, 2.24) is 14.6 Å². The molecule has 0 aliphatic carbocycles. The summed E-state index contributed by atoms with van der Waals surface area (Å²) in [5.74, 6) is 0. The van der Waals surface area contributed by atoms with Gasteiger partial charge in [-0.05, 0) is 18.9 Å². The summed E-state index contributed by atoms with van der Waals surface area (Å²) in [6.07, 6.45) is 3.77. The average molecular weight is 175 g/mol. The quantitative estimate of drug-likeness (QED) is 0.697. The predicted octanol–water partition coefficient (Wildman–Crippen LogP) is 1.85. The molecule has 0 amide bonds. The highest BCUT2D eigenvalue weighted by atomic mass is 15.2. The number of hydrogen-bond acceptors (Lipinski definition) is 2. The van der Waals surface area contributed by atoms with Crippen LogP contribution in [0.15, 0.2) is 18.3 Å². The van der Waals surface area contributed by atoms with Gasteiger partial charge in [0.2, 0.25) is 0 Å². The number of rotatable bonds is 2. The van der Waals surface area contributed by atoms with Gasteiger partial charge < -0.3 is 0 Å². The lowest BCUT2D eigenvalue weighted by Gasteiger charge is -2.03. The summed E-state index contributed by atoms with van der Waals surface area (Å²) in [7, 11) is 0. The Morgan fingerprint density at radius 1 is 1.31 bits per heavy atom. The van der Waals surface area contributed by atoms with Crippen LogP contribution >= 0.6 is 0 Å². The average Bonchev–Trinajstić information content (AvgIpc) is 2.63. The molecule has 13 heavy (non-hydrogen) atoms. The lowest BCUT2D eigenvalue weighted by atomic mass is 10.2. The summed E-state index contributed by atoms with van der Waals surface area (Å²) in [5.41, 5.74) is 3.33. The van der Waals surface area contributed by atoms with E-state index in [2.05, 4.69) is 30.0 Å². The topological polar surface area (TPSA) is 30.2 Å². The van der Waals surface area contributed by atoms with Crippen LogP contribution in [-0.4, -0.2) is 14.6 Å². The zero-order chi connectivity index (χ0) is 9.26. The van der Waals surface area contributed by atoms with Crippen molar-refractivity contribution in [3.05, 3.63) is 29.7 Å². The Morgan fingerprint density at radius 2 is 2.15 bits per heavy atom. The van der Waals surface area contributed by atoms with Gasteiger partial charge in [-0.15, -0.1) is 0 Å². The highest BCUT2D eigenvalue weighted by Crippen LogP contribution is 2.08. The Morgan fingerprint density at radius 3 is 2.85 bits per heavy atom. The highest BCUT2D eigenvalue weighted by Gasteiger charge is 2.02. The molecule has 0 unspecified atom stereocenters. The van der Waals surface area contributed by atoms with E-state index in [-0.39, 0.29) is 0 Å². The lowest BCUT2D eigenvalue weighted by Crippen LogP contribution is -2.01. The molecule has 2 heterocycles. The van der Waals surface area contributed by atoms with Crippen LogP contribution in [0.1, 0.15) is 25.2 Å².